The normalized spacial score (nSPS) is 20.9. The molecule has 0 amide bonds. The Morgan fingerprint density at radius 1 is 1.06 bits per heavy atom. The summed E-state index contributed by atoms with van der Waals surface area (Å²) in [6.45, 7) is 2.43. The van der Waals surface area contributed by atoms with E-state index in [0.29, 0.717) is 6.04 Å². The van der Waals surface area contributed by atoms with E-state index in [2.05, 4.69) is 50.4 Å². The van der Waals surface area contributed by atoms with Gasteiger partial charge in [0.15, 0.2) is 11.5 Å². The van der Waals surface area contributed by atoms with Gasteiger partial charge < -0.3 is 24.7 Å². The van der Waals surface area contributed by atoms with Gasteiger partial charge in [-0.15, -0.1) is 0 Å². The van der Waals surface area contributed by atoms with Gasteiger partial charge in [-0.2, -0.15) is 0 Å². The monoisotopic (exact) mass is 421 g/mol. The van der Waals surface area contributed by atoms with Crippen LogP contribution in [0.3, 0.4) is 0 Å². The summed E-state index contributed by atoms with van der Waals surface area (Å²) < 4.78 is 11.5. The molecule has 31 heavy (non-hydrogen) atoms. The number of nitrogens with one attached hydrogen (secondary N) is 2. The highest BCUT2D eigenvalue weighted by Gasteiger charge is 2.25. The Bertz CT molecular complexity index is 1010. The highest BCUT2D eigenvalue weighted by atomic mass is 16.5. The van der Waals surface area contributed by atoms with Gasteiger partial charge in [0.25, 0.3) is 0 Å². The number of hydrogen-bond acceptors (Lipinski definition) is 6. The third-order valence-electron chi connectivity index (χ3n) is 6.66. The van der Waals surface area contributed by atoms with Crippen LogP contribution in [0, 0.1) is 5.92 Å². The van der Waals surface area contributed by atoms with Gasteiger partial charge in [0.2, 0.25) is 0 Å². The third kappa shape index (κ3) is 4.40. The molecule has 1 fully saturated rings. The van der Waals surface area contributed by atoms with Crippen molar-refractivity contribution in [2.75, 3.05) is 37.0 Å². The van der Waals surface area contributed by atoms with Crippen LogP contribution in [-0.2, 0) is 0 Å². The molecule has 1 aliphatic heterocycles. The lowest BCUT2D eigenvalue weighted by molar-refractivity contribution is 0.297. The summed E-state index contributed by atoms with van der Waals surface area (Å²) in [4.78, 5) is 14.4. The van der Waals surface area contributed by atoms with Crippen molar-refractivity contribution >= 4 is 22.5 Å². The number of rotatable bonds is 6. The maximum atomic E-state index is 5.80. The molecule has 1 saturated carbocycles. The molecule has 2 aromatic heterocycles. The Morgan fingerprint density at radius 2 is 1.90 bits per heavy atom. The van der Waals surface area contributed by atoms with Crippen molar-refractivity contribution in [1.29, 1.82) is 0 Å². The van der Waals surface area contributed by atoms with Gasteiger partial charge in [0.1, 0.15) is 17.8 Å². The first kappa shape index (κ1) is 20.0. The molecule has 7 nitrogen and oxygen atoms in total. The molecule has 1 aromatic carbocycles. The molecule has 7 heteroatoms. The van der Waals surface area contributed by atoms with Crippen molar-refractivity contribution in [1.82, 2.24) is 15.0 Å². The second-order valence-corrected chi connectivity index (χ2v) is 8.65. The zero-order chi connectivity index (χ0) is 21.0. The number of H-pyrrole nitrogens is 1. The van der Waals surface area contributed by atoms with E-state index in [1.54, 1.807) is 6.33 Å². The lowest BCUT2D eigenvalue weighted by atomic mass is 9.83. The van der Waals surface area contributed by atoms with Crippen LogP contribution in [0.1, 0.15) is 38.5 Å². The van der Waals surface area contributed by atoms with Crippen LogP contribution in [-0.4, -0.2) is 47.8 Å². The minimum absolute atomic E-state index is 0.541. The number of anilines is 2. The Kier molecular flexibility index (Phi) is 5.82. The first-order chi connectivity index (χ1) is 15.3. The van der Waals surface area contributed by atoms with Crippen LogP contribution in [0.5, 0.6) is 11.5 Å². The van der Waals surface area contributed by atoms with Gasteiger partial charge in [-0.25, -0.2) is 9.97 Å². The summed E-state index contributed by atoms with van der Waals surface area (Å²) in [5.41, 5.74) is 2.02. The summed E-state index contributed by atoms with van der Waals surface area (Å²) in [6, 6.07) is 8.77. The first-order valence-corrected chi connectivity index (χ1v) is 11.4. The number of aromatic nitrogens is 3. The smallest absolute Gasteiger partial charge is 0.163 e. The van der Waals surface area contributed by atoms with Crippen LogP contribution < -0.4 is 19.7 Å². The van der Waals surface area contributed by atoms with Gasteiger partial charge in [0, 0.05) is 44.0 Å². The zero-order valence-corrected chi connectivity index (χ0v) is 18.1. The van der Waals surface area contributed by atoms with E-state index < -0.39 is 0 Å². The average Bonchev–Trinajstić information content (AvgIpc) is 3.17. The fraction of sp³-hybridized carbons (Fsp3) is 0.500. The van der Waals surface area contributed by atoms with E-state index in [9.17, 15) is 0 Å². The topological polar surface area (TPSA) is 75.3 Å². The molecule has 0 bridgehead atoms. The number of aromatic amines is 1. The van der Waals surface area contributed by atoms with Gasteiger partial charge in [-0.1, -0.05) is 0 Å². The minimum atomic E-state index is 0.541. The van der Waals surface area contributed by atoms with E-state index in [-0.39, 0.29) is 0 Å². The summed E-state index contributed by atoms with van der Waals surface area (Å²) in [5.74, 6) is 3.51. The molecule has 0 spiro atoms. The molecule has 164 valence electrons. The molecule has 0 saturated heterocycles. The summed E-state index contributed by atoms with van der Waals surface area (Å²) in [6.07, 6.45) is 10.7. The SMILES string of the molecule is CN(c1ncnc2[nH]ccc12)C1CCC(CCNc2ccc3c(c2)OCCCO3)CC1. The van der Waals surface area contributed by atoms with Crippen LogP contribution in [0.4, 0.5) is 11.5 Å². The van der Waals surface area contributed by atoms with Crippen LogP contribution in [0.25, 0.3) is 11.0 Å². The van der Waals surface area contributed by atoms with E-state index >= 15 is 0 Å². The van der Waals surface area contributed by atoms with E-state index in [0.717, 1.165) is 66.1 Å². The fourth-order valence-electron chi connectivity index (χ4n) is 4.83. The van der Waals surface area contributed by atoms with Crippen LogP contribution in [0.15, 0.2) is 36.8 Å². The molecular weight excluding hydrogens is 390 g/mol. The van der Waals surface area contributed by atoms with E-state index in [1.165, 1.54) is 32.1 Å². The Hall–Kier alpha value is -2.96. The molecule has 1 aliphatic carbocycles. The third-order valence-corrected chi connectivity index (χ3v) is 6.66. The molecule has 0 unspecified atom stereocenters. The molecule has 0 atom stereocenters. The molecule has 5 rings (SSSR count). The van der Waals surface area contributed by atoms with Crippen LogP contribution >= 0.6 is 0 Å². The average molecular weight is 422 g/mol. The van der Waals surface area contributed by atoms with Crippen molar-refractivity contribution in [3.63, 3.8) is 0 Å². The standard InChI is InChI=1S/C24H31N5O2/c1-29(24-20-10-12-26-23(20)27-16-28-24)19-6-3-17(4-7-19)9-11-25-18-5-8-21-22(15-18)31-14-2-13-30-21/h5,8,10,12,15-17,19,25H,2-4,6-7,9,11,13-14H2,1H3,(H,26,27,28). The fourth-order valence-corrected chi connectivity index (χ4v) is 4.83. The van der Waals surface area contributed by atoms with Gasteiger partial charge >= 0.3 is 0 Å². The number of benzene rings is 1. The van der Waals surface area contributed by atoms with Gasteiger partial charge in [-0.3, -0.25) is 0 Å². The Balaban J connectivity index is 1.11. The predicted molar refractivity (Wildman–Crippen MR) is 123 cm³/mol. The second kappa shape index (κ2) is 9.04. The molecular formula is C24H31N5O2. The van der Waals surface area contributed by atoms with Crippen molar-refractivity contribution in [2.24, 2.45) is 5.92 Å². The van der Waals surface area contributed by atoms with Crippen molar-refractivity contribution in [3.05, 3.63) is 36.8 Å². The van der Waals surface area contributed by atoms with Crippen molar-refractivity contribution in [3.8, 4) is 11.5 Å². The number of fused-ring (bicyclic) bond motifs is 2. The molecule has 0 radical (unpaired) electrons. The second-order valence-electron chi connectivity index (χ2n) is 8.65. The maximum Gasteiger partial charge on any atom is 0.163 e. The first-order valence-electron chi connectivity index (χ1n) is 11.4. The highest BCUT2D eigenvalue weighted by molar-refractivity contribution is 5.87. The summed E-state index contributed by atoms with van der Waals surface area (Å²) in [7, 11) is 2.17. The maximum absolute atomic E-state index is 5.80. The number of ether oxygens (including phenoxy) is 2. The Labute approximate surface area is 183 Å². The molecule has 2 aliphatic rings. The van der Waals surface area contributed by atoms with Crippen LogP contribution in [0.2, 0.25) is 0 Å². The van der Waals surface area contributed by atoms with E-state index in [4.69, 9.17) is 9.47 Å². The summed E-state index contributed by atoms with van der Waals surface area (Å²) in [5, 5.41) is 4.68. The quantitative estimate of drug-likeness (QED) is 0.605. The lowest BCUT2D eigenvalue weighted by Gasteiger charge is -2.35. The van der Waals surface area contributed by atoms with Gasteiger partial charge in [0.05, 0.1) is 18.6 Å². The zero-order valence-electron chi connectivity index (χ0n) is 18.1. The lowest BCUT2D eigenvalue weighted by Crippen LogP contribution is -2.36. The van der Waals surface area contributed by atoms with Gasteiger partial charge in [-0.05, 0) is 56.2 Å². The minimum Gasteiger partial charge on any atom is -0.490 e. The number of hydrogen-bond donors (Lipinski definition) is 2. The predicted octanol–water partition coefficient (Wildman–Crippen LogP) is 4.62. The number of nitrogens with zero attached hydrogens (tertiary/aromatic N) is 3. The largest absolute Gasteiger partial charge is 0.490 e. The van der Waals surface area contributed by atoms with E-state index in [1.807, 2.05) is 12.3 Å². The summed E-state index contributed by atoms with van der Waals surface area (Å²) >= 11 is 0. The molecule has 3 aromatic rings. The Morgan fingerprint density at radius 3 is 2.77 bits per heavy atom. The highest BCUT2D eigenvalue weighted by Crippen LogP contribution is 2.34. The van der Waals surface area contributed by atoms with Crippen molar-refractivity contribution in [2.45, 2.75) is 44.6 Å². The molecule has 2 N–H and O–H groups in total. The van der Waals surface area contributed by atoms with Crippen molar-refractivity contribution < 1.29 is 9.47 Å². The molecule has 3 heterocycles.